The number of rotatable bonds is 4. The summed E-state index contributed by atoms with van der Waals surface area (Å²) >= 11 is 1.33. The smallest absolute Gasteiger partial charge is 0.337 e. The van der Waals surface area contributed by atoms with E-state index < -0.39 is 0 Å². The van der Waals surface area contributed by atoms with Crippen LogP contribution in [-0.2, 0) is 9.53 Å². The molecule has 0 bridgehead atoms. The molecule has 15 heavy (non-hydrogen) atoms. The van der Waals surface area contributed by atoms with Gasteiger partial charge >= 0.3 is 5.97 Å². The number of thioether (sulfide) groups is 1. The topological polar surface area (TPSA) is 69.4 Å². The Hall–Kier alpha value is -1.49. The van der Waals surface area contributed by atoms with E-state index in [2.05, 4.69) is 4.74 Å². The summed E-state index contributed by atoms with van der Waals surface area (Å²) in [5.41, 5.74) is 5.49. The van der Waals surface area contributed by atoms with Crippen LogP contribution >= 0.6 is 11.8 Å². The zero-order valence-electron chi connectivity index (χ0n) is 8.23. The van der Waals surface area contributed by atoms with Crippen molar-refractivity contribution in [3.63, 3.8) is 0 Å². The lowest BCUT2D eigenvalue weighted by Crippen LogP contribution is -2.12. The first-order valence-electron chi connectivity index (χ1n) is 4.23. The zero-order chi connectivity index (χ0) is 11.3. The van der Waals surface area contributed by atoms with Crippen LogP contribution in [0.15, 0.2) is 29.2 Å². The molecule has 1 aromatic rings. The molecule has 0 unspecified atom stereocenters. The molecule has 0 spiro atoms. The van der Waals surface area contributed by atoms with Gasteiger partial charge in [0.1, 0.15) is 0 Å². The molecule has 0 aromatic heterocycles. The Balaban J connectivity index is 2.64. The first kappa shape index (κ1) is 11.6. The van der Waals surface area contributed by atoms with Gasteiger partial charge in [-0.3, -0.25) is 4.79 Å². The lowest BCUT2D eigenvalue weighted by Gasteiger charge is -2.01. The summed E-state index contributed by atoms with van der Waals surface area (Å²) in [4.78, 5) is 22.5. The van der Waals surface area contributed by atoms with Crippen LogP contribution in [0.1, 0.15) is 10.4 Å². The minimum Gasteiger partial charge on any atom is -0.465 e. The number of carbonyl (C=O) groups excluding carboxylic acids is 2. The maximum Gasteiger partial charge on any atom is 0.337 e. The van der Waals surface area contributed by atoms with Crippen molar-refractivity contribution >= 4 is 23.6 Å². The summed E-state index contributed by atoms with van der Waals surface area (Å²) in [5.74, 6) is -0.504. The molecule has 1 rings (SSSR count). The number of ether oxygens (including phenoxy) is 1. The molecule has 2 N–H and O–H groups in total. The van der Waals surface area contributed by atoms with Crippen LogP contribution in [0.2, 0.25) is 0 Å². The first-order valence-corrected chi connectivity index (χ1v) is 5.21. The highest BCUT2D eigenvalue weighted by atomic mass is 32.2. The quantitative estimate of drug-likeness (QED) is 0.614. The van der Waals surface area contributed by atoms with Crippen LogP contribution in [-0.4, -0.2) is 24.7 Å². The summed E-state index contributed by atoms with van der Waals surface area (Å²) in [5, 5.41) is 0. The van der Waals surface area contributed by atoms with E-state index >= 15 is 0 Å². The van der Waals surface area contributed by atoms with Crippen LogP contribution in [0.5, 0.6) is 0 Å². The van der Waals surface area contributed by atoms with E-state index in [4.69, 9.17) is 5.73 Å². The minimum absolute atomic E-state index is 0.234. The second-order valence-corrected chi connectivity index (χ2v) is 3.82. The van der Waals surface area contributed by atoms with E-state index in [0.29, 0.717) is 5.56 Å². The molecule has 0 aliphatic rings. The summed E-state index contributed by atoms with van der Waals surface area (Å²) < 4.78 is 4.55. The van der Waals surface area contributed by atoms with Crippen LogP contribution in [0.25, 0.3) is 0 Å². The molecule has 0 aliphatic carbocycles. The van der Waals surface area contributed by atoms with Crippen molar-refractivity contribution in [2.75, 3.05) is 12.9 Å². The van der Waals surface area contributed by atoms with Crippen molar-refractivity contribution in [2.24, 2.45) is 5.73 Å². The standard InChI is InChI=1S/C10H11NO3S/c1-14-10(13)7-2-4-8(5-3-7)15-6-9(11)12/h2-5H,6H2,1H3,(H2,11,12). The fourth-order valence-corrected chi connectivity index (χ4v) is 1.60. The second-order valence-electron chi connectivity index (χ2n) is 2.77. The van der Waals surface area contributed by atoms with Crippen LogP contribution in [0, 0.1) is 0 Å². The molecule has 0 heterocycles. The Bertz CT molecular complexity index is 361. The van der Waals surface area contributed by atoms with Gasteiger partial charge in [-0.05, 0) is 24.3 Å². The highest BCUT2D eigenvalue weighted by molar-refractivity contribution is 8.00. The zero-order valence-corrected chi connectivity index (χ0v) is 9.04. The number of primary amides is 1. The van der Waals surface area contributed by atoms with E-state index in [1.807, 2.05) is 0 Å². The lowest BCUT2D eigenvalue weighted by molar-refractivity contribution is -0.115. The Morgan fingerprint density at radius 2 is 1.93 bits per heavy atom. The number of methoxy groups -OCH3 is 1. The van der Waals surface area contributed by atoms with Gasteiger partial charge in [0.05, 0.1) is 18.4 Å². The minimum atomic E-state index is -0.374. The third kappa shape index (κ3) is 3.63. The molecule has 0 radical (unpaired) electrons. The van der Waals surface area contributed by atoms with E-state index in [0.717, 1.165) is 4.90 Å². The summed E-state index contributed by atoms with van der Waals surface area (Å²) in [6, 6.07) is 6.80. The number of esters is 1. The Labute approximate surface area is 91.8 Å². The van der Waals surface area contributed by atoms with E-state index in [1.54, 1.807) is 24.3 Å². The van der Waals surface area contributed by atoms with E-state index in [-0.39, 0.29) is 17.6 Å². The molecule has 80 valence electrons. The normalized spacial score (nSPS) is 9.67. The van der Waals surface area contributed by atoms with Crippen LogP contribution in [0.4, 0.5) is 0 Å². The lowest BCUT2D eigenvalue weighted by atomic mass is 10.2. The molecular weight excluding hydrogens is 214 g/mol. The number of hydrogen-bond donors (Lipinski definition) is 1. The molecule has 1 amide bonds. The van der Waals surface area contributed by atoms with Gasteiger partial charge in [0, 0.05) is 4.90 Å². The fourth-order valence-electron chi connectivity index (χ4n) is 0.960. The number of hydrogen-bond acceptors (Lipinski definition) is 4. The van der Waals surface area contributed by atoms with Crippen molar-refractivity contribution in [2.45, 2.75) is 4.90 Å². The predicted molar refractivity (Wildman–Crippen MR) is 57.7 cm³/mol. The van der Waals surface area contributed by atoms with Crippen molar-refractivity contribution in [3.8, 4) is 0 Å². The van der Waals surface area contributed by atoms with Gasteiger partial charge in [-0.25, -0.2) is 4.79 Å². The largest absolute Gasteiger partial charge is 0.465 e. The van der Waals surface area contributed by atoms with Gasteiger partial charge in [-0.1, -0.05) is 0 Å². The monoisotopic (exact) mass is 225 g/mol. The Kier molecular flexibility index (Phi) is 4.17. The first-order chi connectivity index (χ1) is 7.13. The highest BCUT2D eigenvalue weighted by Crippen LogP contribution is 2.18. The van der Waals surface area contributed by atoms with Gasteiger partial charge in [0.15, 0.2) is 0 Å². The third-order valence-corrected chi connectivity index (χ3v) is 2.69. The molecule has 0 saturated carbocycles. The van der Waals surface area contributed by atoms with Gasteiger partial charge in [0.25, 0.3) is 0 Å². The van der Waals surface area contributed by atoms with Crippen molar-refractivity contribution in [3.05, 3.63) is 29.8 Å². The van der Waals surface area contributed by atoms with Gasteiger partial charge < -0.3 is 10.5 Å². The van der Waals surface area contributed by atoms with Gasteiger partial charge in [-0.2, -0.15) is 0 Å². The summed E-state index contributed by atoms with van der Waals surface area (Å²) in [6.45, 7) is 0. The van der Waals surface area contributed by atoms with Crippen molar-refractivity contribution in [1.29, 1.82) is 0 Å². The predicted octanol–water partition coefficient (Wildman–Crippen LogP) is 1.05. The maximum absolute atomic E-state index is 11.1. The molecule has 0 aliphatic heterocycles. The highest BCUT2D eigenvalue weighted by Gasteiger charge is 2.04. The summed E-state index contributed by atoms with van der Waals surface area (Å²) in [6.07, 6.45) is 0. The molecule has 0 fully saturated rings. The SMILES string of the molecule is COC(=O)c1ccc(SCC(N)=O)cc1. The number of carbonyl (C=O) groups is 2. The Morgan fingerprint density at radius 1 is 1.33 bits per heavy atom. The van der Waals surface area contributed by atoms with Crippen LogP contribution < -0.4 is 5.73 Å². The third-order valence-electron chi connectivity index (χ3n) is 1.66. The fraction of sp³-hybridized carbons (Fsp3) is 0.200. The second kappa shape index (κ2) is 5.41. The average Bonchev–Trinajstić information content (AvgIpc) is 2.26. The van der Waals surface area contributed by atoms with Crippen LogP contribution in [0.3, 0.4) is 0 Å². The number of amides is 1. The van der Waals surface area contributed by atoms with E-state index in [9.17, 15) is 9.59 Å². The van der Waals surface area contributed by atoms with Gasteiger partial charge in [0.2, 0.25) is 5.91 Å². The Morgan fingerprint density at radius 3 is 2.40 bits per heavy atom. The van der Waals surface area contributed by atoms with Crippen molar-refractivity contribution in [1.82, 2.24) is 0 Å². The number of benzene rings is 1. The molecule has 5 heteroatoms. The van der Waals surface area contributed by atoms with Gasteiger partial charge in [-0.15, -0.1) is 11.8 Å². The van der Waals surface area contributed by atoms with E-state index in [1.165, 1.54) is 18.9 Å². The molecule has 4 nitrogen and oxygen atoms in total. The number of nitrogens with two attached hydrogens (primary N) is 1. The molecule has 1 aromatic carbocycles. The maximum atomic E-state index is 11.1. The average molecular weight is 225 g/mol. The summed E-state index contributed by atoms with van der Waals surface area (Å²) in [7, 11) is 1.33. The molecule has 0 atom stereocenters. The van der Waals surface area contributed by atoms with Crippen molar-refractivity contribution < 1.29 is 14.3 Å². The molecular formula is C10H11NO3S. The molecule has 0 saturated heterocycles.